The predicted molar refractivity (Wildman–Crippen MR) is 134 cm³/mol. The summed E-state index contributed by atoms with van der Waals surface area (Å²) in [6.07, 6.45) is 3.78. The van der Waals surface area contributed by atoms with Gasteiger partial charge in [0.1, 0.15) is 0 Å². The van der Waals surface area contributed by atoms with Gasteiger partial charge in [0.05, 0.1) is 23.1 Å². The van der Waals surface area contributed by atoms with Gasteiger partial charge >= 0.3 is 5.97 Å². The summed E-state index contributed by atoms with van der Waals surface area (Å²) in [6, 6.07) is 22.2. The number of fused-ring (bicyclic) bond motifs is 1. The maximum Gasteiger partial charge on any atom is 0.339 e. The topological polar surface area (TPSA) is 80.8 Å². The number of nitrogens with zero attached hydrogens (tertiary/aromatic N) is 1. The van der Waals surface area contributed by atoms with E-state index in [4.69, 9.17) is 4.74 Å². The van der Waals surface area contributed by atoms with Gasteiger partial charge in [-0.05, 0) is 38.0 Å². The molecule has 3 unspecified atom stereocenters. The molecule has 1 aliphatic heterocycles. The fourth-order valence-corrected chi connectivity index (χ4v) is 4.77. The Balaban J connectivity index is 1.42. The van der Waals surface area contributed by atoms with Crippen LogP contribution in [0.25, 0.3) is 0 Å². The maximum absolute atomic E-state index is 13.3. The van der Waals surface area contributed by atoms with E-state index in [2.05, 4.69) is 0 Å². The number of rotatable bonds is 6. The van der Waals surface area contributed by atoms with Crippen LogP contribution in [0, 0.1) is 18.8 Å². The third-order valence-electron chi connectivity index (χ3n) is 6.75. The highest BCUT2D eigenvalue weighted by molar-refractivity contribution is 6.22. The Morgan fingerprint density at radius 1 is 0.806 bits per heavy atom. The molecule has 0 saturated carbocycles. The first-order valence-corrected chi connectivity index (χ1v) is 11.9. The van der Waals surface area contributed by atoms with Crippen LogP contribution in [0.5, 0.6) is 0 Å². The van der Waals surface area contributed by atoms with Gasteiger partial charge < -0.3 is 4.74 Å². The molecule has 3 aromatic rings. The van der Waals surface area contributed by atoms with E-state index in [9.17, 15) is 19.2 Å². The number of amides is 2. The van der Waals surface area contributed by atoms with Crippen molar-refractivity contribution >= 4 is 29.3 Å². The molecule has 2 amide bonds. The summed E-state index contributed by atoms with van der Waals surface area (Å²) in [5.74, 6) is -2.30. The third-order valence-corrected chi connectivity index (χ3v) is 6.75. The molecule has 5 rings (SSSR count). The Hall–Kier alpha value is -4.32. The van der Waals surface area contributed by atoms with Crippen molar-refractivity contribution < 1.29 is 23.9 Å². The van der Waals surface area contributed by atoms with Crippen LogP contribution in [0.1, 0.15) is 50.8 Å². The summed E-state index contributed by atoms with van der Waals surface area (Å²) in [6.45, 7) is 1.93. The first-order chi connectivity index (χ1) is 17.4. The molecule has 1 aliphatic carbocycles. The summed E-state index contributed by atoms with van der Waals surface area (Å²) >= 11 is 0. The number of hydrogen-bond donors (Lipinski definition) is 0. The van der Waals surface area contributed by atoms with E-state index in [0.717, 1.165) is 5.56 Å². The van der Waals surface area contributed by atoms with E-state index in [-0.39, 0.29) is 35.0 Å². The molecule has 1 fully saturated rings. The number of anilines is 1. The summed E-state index contributed by atoms with van der Waals surface area (Å²) in [5, 5.41) is 0. The zero-order chi connectivity index (χ0) is 25.2. The number of Topliss-reactive ketones (excluding diaryl/α,β-unsaturated/α-hetero) is 1. The van der Waals surface area contributed by atoms with Gasteiger partial charge in [0, 0.05) is 11.1 Å². The molecule has 0 bridgehead atoms. The van der Waals surface area contributed by atoms with Gasteiger partial charge in [0.25, 0.3) is 0 Å². The van der Waals surface area contributed by atoms with Crippen LogP contribution in [-0.4, -0.2) is 23.6 Å². The van der Waals surface area contributed by atoms with E-state index in [1.165, 1.54) is 11.0 Å². The maximum atomic E-state index is 13.3. The van der Waals surface area contributed by atoms with Crippen molar-refractivity contribution in [3.63, 3.8) is 0 Å². The van der Waals surface area contributed by atoms with Crippen LogP contribution < -0.4 is 4.90 Å². The number of carbonyl (C=O) groups excluding carboxylic acids is 4. The van der Waals surface area contributed by atoms with Gasteiger partial charge in [-0.1, -0.05) is 78.4 Å². The Morgan fingerprint density at radius 3 is 2.08 bits per heavy atom. The third kappa shape index (κ3) is 4.38. The lowest BCUT2D eigenvalue weighted by Gasteiger charge is -2.19. The Labute approximate surface area is 209 Å². The summed E-state index contributed by atoms with van der Waals surface area (Å²) in [7, 11) is 0. The van der Waals surface area contributed by atoms with Gasteiger partial charge in [-0.15, -0.1) is 0 Å². The lowest BCUT2D eigenvalue weighted by atomic mass is 9.85. The SMILES string of the molecule is Cc1ccc(C(=O)C(OC(=O)c2cccc(N3C(=O)C4CC=CCC4C3=O)c2)c2ccccc2)cc1. The normalized spacial score (nSPS) is 19.6. The van der Waals surface area contributed by atoms with Gasteiger partial charge in [-0.25, -0.2) is 4.79 Å². The Kier molecular flexibility index (Phi) is 6.34. The Bertz CT molecular complexity index is 1330. The molecule has 180 valence electrons. The molecule has 2 aliphatic rings. The van der Waals surface area contributed by atoms with Crippen LogP contribution in [0.15, 0.2) is 91.0 Å². The number of benzene rings is 3. The zero-order valence-corrected chi connectivity index (χ0v) is 19.8. The number of ketones is 1. The summed E-state index contributed by atoms with van der Waals surface area (Å²) in [5.41, 5.74) is 2.47. The molecule has 1 heterocycles. The van der Waals surface area contributed by atoms with Crippen molar-refractivity contribution in [3.8, 4) is 0 Å². The van der Waals surface area contributed by atoms with E-state index >= 15 is 0 Å². The molecule has 6 nitrogen and oxygen atoms in total. The highest BCUT2D eigenvalue weighted by atomic mass is 16.5. The molecule has 0 spiro atoms. The molecule has 3 aromatic carbocycles. The van der Waals surface area contributed by atoms with E-state index in [1.807, 2.05) is 37.3 Å². The first kappa shape index (κ1) is 23.4. The number of allylic oxidation sites excluding steroid dienone is 2. The second kappa shape index (κ2) is 9.74. The van der Waals surface area contributed by atoms with Crippen LogP contribution in [0.4, 0.5) is 5.69 Å². The monoisotopic (exact) mass is 479 g/mol. The fraction of sp³-hybridized carbons (Fsp3) is 0.200. The highest BCUT2D eigenvalue weighted by Gasteiger charge is 2.47. The zero-order valence-electron chi connectivity index (χ0n) is 19.8. The lowest BCUT2D eigenvalue weighted by Crippen LogP contribution is -2.31. The Morgan fingerprint density at radius 2 is 1.44 bits per heavy atom. The number of ether oxygens (including phenoxy) is 1. The smallest absolute Gasteiger partial charge is 0.339 e. The van der Waals surface area contributed by atoms with Crippen LogP contribution in [0.2, 0.25) is 0 Å². The van der Waals surface area contributed by atoms with Crippen LogP contribution in [0.3, 0.4) is 0 Å². The molecule has 0 radical (unpaired) electrons. The molecule has 0 aromatic heterocycles. The van der Waals surface area contributed by atoms with Crippen LogP contribution in [-0.2, 0) is 14.3 Å². The van der Waals surface area contributed by atoms with Crippen molar-refractivity contribution in [2.24, 2.45) is 11.8 Å². The van der Waals surface area contributed by atoms with Gasteiger partial charge in [0.15, 0.2) is 6.10 Å². The van der Waals surface area contributed by atoms with E-state index < -0.39 is 12.1 Å². The number of imide groups is 1. The molecular formula is C30H25NO5. The largest absolute Gasteiger partial charge is 0.445 e. The molecule has 6 heteroatoms. The van der Waals surface area contributed by atoms with Crippen molar-refractivity contribution in [2.45, 2.75) is 25.9 Å². The number of carbonyl (C=O) groups is 4. The van der Waals surface area contributed by atoms with E-state index in [0.29, 0.717) is 29.7 Å². The highest BCUT2D eigenvalue weighted by Crippen LogP contribution is 2.38. The van der Waals surface area contributed by atoms with Crippen molar-refractivity contribution in [2.75, 3.05) is 4.90 Å². The van der Waals surface area contributed by atoms with Gasteiger partial charge in [-0.2, -0.15) is 0 Å². The molecule has 1 saturated heterocycles. The summed E-state index contributed by atoms with van der Waals surface area (Å²) < 4.78 is 5.75. The molecule has 3 atom stereocenters. The molecule has 36 heavy (non-hydrogen) atoms. The standard InChI is InChI=1S/C30H25NO5/c1-19-14-16-20(17-15-19)26(32)27(21-8-3-2-4-9-21)36-30(35)22-10-7-11-23(18-22)31-28(33)24-12-5-6-13-25(24)29(31)34/h2-11,14-18,24-25,27H,12-13H2,1H3. The second-order valence-corrected chi connectivity index (χ2v) is 9.14. The summed E-state index contributed by atoms with van der Waals surface area (Å²) in [4.78, 5) is 53.7. The van der Waals surface area contributed by atoms with Gasteiger partial charge in [0.2, 0.25) is 17.6 Å². The second-order valence-electron chi connectivity index (χ2n) is 9.14. The number of hydrogen-bond acceptors (Lipinski definition) is 5. The van der Waals surface area contributed by atoms with E-state index in [1.54, 1.807) is 54.6 Å². The lowest BCUT2D eigenvalue weighted by molar-refractivity contribution is -0.122. The number of esters is 1. The minimum absolute atomic E-state index is 0.152. The average Bonchev–Trinajstić information content (AvgIpc) is 3.17. The van der Waals surface area contributed by atoms with Crippen molar-refractivity contribution in [1.82, 2.24) is 0 Å². The quantitative estimate of drug-likeness (QED) is 0.209. The fourth-order valence-electron chi connectivity index (χ4n) is 4.77. The minimum Gasteiger partial charge on any atom is -0.445 e. The first-order valence-electron chi connectivity index (χ1n) is 11.9. The number of aryl methyl sites for hydroxylation is 1. The van der Waals surface area contributed by atoms with Crippen molar-refractivity contribution in [1.29, 1.82) is 0 Å². The van der Waals surface area contributed by atoms with Crippen molar-refractivity contribution in [3.05, 3.63) is 113 Å². The van der Waals surface area contributed by atoms with Gasteiger partial charge in [-0.3, -0.25) is 19.3 Å². The molecule has 0 N–H and O–H groups in total. The minimum atomic E-state index is -1.14. The average molecular weight is 480 g/mol. The van der Waals surface area contributed by atoms with Crippen LogP contribution >= 0.6 is 0 Å². The molecular weight excluding hydrogens is 454 g/mol. The predicted octanol–water partition coefficient (Wildman–Crippen LogP) is 5.23.